The maximum absolute atomic E-state index is 13.2. The number of rotatable bonds is 3. The van der Waals surface area contributed by atoms with Gasteiger partial charge in [-0.15, -0.1) is 0 Å². The number of pyridine rings is 1. The molecule has 1 atom stereocenters. The number of benzene rings is 1. The number of nitrogens with one attached hydrogen (secondary N) is 1. The van der Waals surface area contributed by atoms with E-state index in [2.05, 4.69) is 5.32 Å². The molecule has 2 aromatic heterocycles. The first kappa shape index (κ1) is 16.7. The molecular formula is C20H18N2O3S. The molecule has 132 valence electrons. The zero-order valence-corrected chi connectivity index (χ0v) is 15.3. The van der Waals surface area contributed by atoms with Crippen LogP contribution in [0, 0.1) is 6.92 Å². The van der Waals surface area contributed by atoms with Gasteiger partial charge in [-0.3, -0.25) is 4.79 Å². The number of carbonyl (C=O) groups excluding carboxylic acids is 2. The molecule has 3 aromatic rings. The fourth-order valence-electron chi connectivity index (χ4n) is 3.41. The van der Waals surface area contributed by atoms with Crippen LogP contribution in [0.1, 0.15) is 18.2 Å². The number of aryl methyl sites for hydroxylation is 1. The molecule has 3 heterocycles. The van der Waals surface area contributed by atoms with Gasteiger partial charge in [0.05, 0.1) is 18.0 Å². The Labute approximate surface area is 155 Å². The highest BCUT2D eigenvalue weighted by molar-refractivity contribution is 8.02. The standard InChI is InChI=1S/C20H18N2O3S/c1-3-25-19(24)20(17-13(2)12-14-8-6-7-11-22(14)17)18(23)21-15-9-4-5-10-16(15)26-20/h4-12H,3H2,1-2H3,(H,21,23)/t20-/m0/s1. The van der Waals surface area contributed by atoms with Gasteiger partial charge in [0, 0.05) is 16.6 Å². The van der Waals surface area contributed by atoms with Crippen molar-refractivity contribution in [3.8, 4) is 0 Å². The van der Waals surface area contributed by atoms with Crippen LogP contribution in [0.5, 0.6) is 0 Å². The molecular weight excluding hydrogens is 348 g/mol. The second-order valence-corrected chi connectivity index (χ2v) is 7.38. The normalized spacial score (nSPS) is 19.1. The van der Waals surface area contributed by atoms with E-state index in [1.807, 2.05) is 66.1 Å². The van der Waals surface area contributed by atoms with E-state index in [1.54, 1.807) is 6.92 Å². The molecule has 6 heteroatoms. The summed E-state index contributed by atoms with van der Waals surface area (Å²) in [6, 6.07) is 15.2. The quantitative estimate of drug-likeness (QED) is 0.566. The van der Waals surface area contributed by atoms with Crippen LogP contribution < -0.4 is 5.32 Å². The van der Waals surface area contributed by atoms with Gasteiger partial charge in [-0.25, -0.2) is 4.79 Å². The monoisotopic (exact) mass is 366 g/mol. The summed E-state index contributed by atoms with van der Waals surface area (Å²) in [5.74, 6) is -0.935. The van der Waals surface area contributed by atoms with Gasteiger partial charge in [-0.1, -0.05) is 30.0 Å². The lowest BCUT2D eigenvalue weighted by molar-refractivity contribution is -0.149. The van der Waals surface area contributed by atoms with Crippen molar-refractivity contribution in [3.63, 3.8) is 0 Å². The first-order valence-electron chi connectivity index (χ1n) is 8.42. The summed E-state index contributed by atoms with van der Waals surface area (Å²) in [4.78, 5) is 27.2. The minimum atomic E-state index is -1.50. The van der Waals surface area contributed by atoms with E-state index < -0.39 is 10.7 Å². The number of anilines is 1. The topological polar surface area (TPSA) is 59.8 Å². The number of fused-ring (bicyclic) bond motifs is 2. The van der Waals surface area contributed by atoms with Crippen LogP contribution in [0.15, 0.2) is 59.6 Å². The number of amides is 1. The zero-order chi connectivity index (χ0) is 18.3. The molecule has 1 N–H and O–H groups in total. The van der Waals surface area contributed by atoms with Crippen molar-refractivity contribution < 1.29 is 14.3 Å². The Morgan fingerprint density at radius 3 is 2.81 bits per heavy atom. The van der Waals surface area contributed by atoms with E-state index >= 15 is 0 Å². The predicted octanol–water partition coefficient (Wildman–Crippen LogP) is 3.75. The van der Waals surface area contributed by atoms with E-state index in [1.165, 1.54) is 11.8 Å². The van der Waals surface area contributed by atoms with Crippen LogP contribution in [0.4, 0.5) is 5.69 Å². The Balaban J connectivity index is 2.00. The molecule has 0 bridgehead atoms. The van der Waals surface area contributed by atoms with Crippen LogP contribution in [-0.4, -0.2) is 22.9 Å². The number of esters is 1. The highest BCUT2D eigenvalue weighted by Gasteiger charge is 2.55. The molecule has 1 aliphatic rings. The number of para-hydroxylation sites is 1. The summed E-state index contributed by atoms with van der Waals surface area (Å²) < 4.78 is 5.76. The lowest BCUT2D eigenvalue weighted by Gasteiger charge is -2.34. The van der Waals surface area contributed by atoms with Crippen molar-refractivity contribution in [2.24, 2.45) is 0 Å². The third-order valence-corrected chi connectivity index (χ3v) is 5.91. The smallest absolute Gasteiger partial charge is 0.338 e. The van der Waals surface area contributed by atoms with Crippen molar-refractivity contribution in [2.75, 3.05) is 11.9 Å². The van der Waals surface area contributed by atoms with Crippen molar-refractivity contribution in [1.29, 1.82) is 0 Å². The van der Waals surface area contributed by atoms with E-state index in [4.69, 9.17) is 4.74 Å². The molecule has 0 saturated carbocycles. The summed E-state index contributed by atoms with van der Waals surface area (Å²) in [6.07, 6.45) is 1.87. The molecule has 0 radical (unpaired) electrons. The maximum atomic E-state index is 13.2. The summed E-state index contributed by atoms with van der Waals surface area (Å²) in [7, 11) is 0. The second kappa shape index (κ2) is 6.21. The largest absolute Gasteiger partial charge is 0.464 e. The molecule has 0 unspecified atom stereocenters. The van der Waals surface area contributed by atoms with Gasteiger partial charge in [-0.05, 0) is 49.7 Å². The van der Waals surface area contributed by atoms with E-state index in [0.29, 0.717) is 11.4 Å². The molecule has 0 fully saturated rings. The Hall–Kier alpha value is -2.73. The molecule has 5 nitrogen and oxygen atoms in total. The number of ether oxygens (including phenoxy) is 1. The Bertz CT molecular complexity index is 1030. The first-order chi connectivity index (χ1) is 12.6. The number of aromatic nitrogens is 1. The summed E-state index contributed by atoms with van der Waals surface area (Å²) >= 11 is 1.24. The van der Waals surface area contributed by atoms with Gasteiger partial charge in [0.25, 0.3) is 5.91 Å². The number of hydrogen-bond donors (Lipinski definition) is 1. The molecule has 0 saturated heterocycles. The third-order valence-electron chi connectivity index (χ3n) is 4.48. The Morgan fingerprint density at radius 1 is 1.23 bits per heavy atom. The van der Waals surface area contributed by atoms with Crippen LogP contribution in [0.2, 0.25) is 0 Å². The van der Waals surface area contributed by atoms with Gasteiger partial charge in [-0.2, -0.15) is 0 Å². The van der Waals surface area contributed by atoms with Crippen LogP contribution in [0.3, 0.4) is 0 Å². The SMILES string of the molecule is CCOC(=O)[C@@]1(c2c(C)cc3ccccn23)Sc2ccccc2NC1=O. The predicted molar refractivity (Wildman–Crippen MR) is 101 cm³/mol. The lowest BCUT2D eigenvalue weighted by atomic mass is 9.99. The molecule has 0 spiro atoms. The lowest BCUT2D eigenvalue weighted by Crippen LogP contribution is -2.48. The number of nitrogens with zero attached hydrogens (tertiary/aromatic N) is 1. The van der Waals surface area contributed by atoms with Crippen LogP contribution in [0.25, 0.3) is 5.52 Å². The minimum Gasteiger partial charge on any atom is -0.464 e. The first-order valence-corrected chi connectivity index (χ1v) is 9.23. The molecule has 1 amide bonds. The molecule has 1 aromatic carbocycles. The van der Waals surface area contributed by atoms with Gasteiger partial charge in [0.2, 0.25) is 4.75 Å². The average Bonchev–Trinajstić information content (AvgIpc) is 2.97. The molecule has 1 aliphatic heterocycles. The van der Waals surface area contributed by atoms with Crippen molar-refractivity contribution >= 4 is 34.8 Å². The van der Waals surface area contributed by atoms with Gasteiger partial charge in [0.1, 0.15) is 0 Å². The third kappa shape index (κ3) is 2.33. The Kier molecular flexibility index (Phi) is 4.00. The molecule has 4 rings (SSSR count). The van der Waals surface area contributed by atoms with Crippen molar-refractivity contribution in [2.45, 2.75) is 23.5 Å². The summed E-state index contributed by atoms with van der Waals surface area (Å²) in [6.45, 7) is 3.87. The molecule has 0 aliphatic carbocycles. The van der Waals surface area contributed by atoms with Gasteiger partial charge in [0.15, 0.2) is 0 Å². The highest BCUT2D eigenvalue weighted by Crippen LogP contribution is 2.50. The number of hydrogen-bond acceptors (Lipinski definition) is 4. The fourth-order valence-corrected chi connectivity index (χ4v) is 4.75. The maximum Gasteiger partial charge on any atom is 0.338 e. The van der Waals surface area contributed by atoms with Crippen molar-refractivity contribution in [1.82, 2.24) is 4.40 Å². The minimum absolute atomic E-state index is 0.207. The van der Waals surface area contributed by atoms with Gasteiger partial charge < -0.3 is 14.5 Å². The highest BCUT2D eigenvalue weighted by atomic mass is 32.2. The van der Waals surface area contributed by atoms with Crippen molar-refractivity contribution in [3.05, 3.63) is 66.0 Å². The zero-order valence-electron chi connectivity index (χ0n) is 14.5. The Morgan fingerprint density at radius 2 is 2.00 bits per heavy atom. The van der Waals surface area contributed by atoms with Gasteiger partial charge >= 0.3 is 5.97 Å². The molecule has 26 heavy (non-hydrogen) atoms. The number of thioether (sulfide) groups is 1. The summed E-state index contributed by atoms with van der Waals surface area (Å²) in [5, 5.41) is 2.90. The number of carbonyl (C=O) groups is 2. The fraction of sp³-hybridized carbons (Fsp3) is 0.200. The second-order valence-electron chi connectivity index (χ2n) is 6.13. The summed E-state index contributed by atoms with van der Waals surface area (Å²) in [5.41, 5.74) is 3.13. The van der Waals surface area contributed by atoms with E-state index in [0.717, 1.165) is 16.0 Å². The average molecular weight is 366 g/mol. The van der Waals surface area contributed by atoms with E-state index in [-0.39, 0.29) is 12.5 Å². The van der Waals surface area contributed by atoms with Crippen LogP contribution >= 0.6 is 11.8 Å². The van der Waals surface area contributed by atoms with E-state index in [9.17, 15) is 9.59 Å². The van der Waals surface area contributed by atoms with Crippen LogP contribution in [-0.2, 0) is 19.1 Å².